The number of nitrogens with zero attached hydrogens (tertiary/aromatic N) is 4. The lowest BCUT2D eigenvalue weighted by Crippen LogP contribution is -2.21. The van der Waals surface area contributed by atoms with Gasteiger partial charge < -0.3 is 0 Å². The van der Waals surface area contributed by atoms with Crippen molar-refractivity contribution in [1.29, 1.82) is 0 Å². The highest BCUT2D eigenvalue weighted by atomic mass is 32.1. The van der Waals surface area contributed by atoms with Crippen molar-refractivity contribution in [2.45, 2.75) is 70.6 Å². The van der Waals surface area contributed by atoms with Crippen molar-refractivity contribution < 1.29 is 19.2 Å². The molecule has 4 fully saturated rings. The Bertz CT molecular complexity index is 1320. The van der Waals surface area contributed by atoms with Crippen molar-refractivity contribution in [2.24, 2.45) is 33.7 Å². The minimum atomic E-state index is -0.524. The SMILES string of the molecule is CC1(C)c2nc(N=C3C(=O)C4CCCCC4C3=O)sc2-c2sc(N=C3C(=O)C4CCCCC4C3=O)nc21. The van der Waals surface area contributed by atoms with Crippen LogP contribution in [-0.2, 0) is 24.6 Å². The lowest BCUT2D eigenvalue weighted by Gasteiger charge is -2.20. The van der Waals surface area contributed by atoms with E-state index in [0.717, 1.165) is 72.5 Å². The van der Waals surface area contributed by atoms with Gasteiger partial charge in [-0.25, -0.2) is 20.0 Å². The standard InChI is InChI=1S/C27H26N4O4S2/c1-27(2)23-21(36-25(30-23)28-15-17(32)11-7-3-4-8-12(11)18(15)33)22-24(27)31-26(37-22)29-16-19(34)13-9-5-6-10-14(13)20(16)35/h11-14H,3-10H2,1-2H3. The second kappa shape index (κ2) is 8.14. The number of carbonyl (C=O) groups is 4. The number of rotatable bonds is 2. The zero-order valence-corrected chi connectivity index (χ0v) is 22.3. The Morgan fingerprint density at radius 2 is 0.946 bits per heavy atom. The van der Waals surface area contributed by atoms with Crippen molar-refractivity contribution in [3.05, 3.63) is 11.4 Å². The molecule has 8 nitrogen and oxygen atoms in total. The second-order valence-electron chi connectivity index (χ2n) is 11.3. The molecule has 2 aromatic rings. The molecule has 5 aliphatic carbocycles. The zero-order valence-electron chi connectivity index (χ0n) is 20.7. The van der Waals surface area contributed by atoms with Gasteiger partial charge in [0.15, 0.2) is 34.6 Å². The van der Waals surface area contributed by atoms with E-state index in [1.54, 1.807) is 0 Å². The van der Waals surface area contributed by atoms with E-state index >= 15 is 0 Å². The highest BCUT2D eigenvalue weighted by molar-refractivity contribution is 7.25. The Kier molecular flexibility index (Phi) is 5.15. The van der Waals surface area contributed by atoms with Crippen LogP contribution < -0.4 is 0 Å². The van der Waals surface area contributed by atoms with E-state index in [-0.39, 0.29) is 58.2 Å². The van der Waals surface area contributed by atoms with Crippen LogP contribution in [0.1, 0.15) is 76.6 Å². The van der Waals surface area contributed by atoms with Gasteiger partial charge >= 0.3 is 0 Å². The third-order valence-corrected chi connectivity index (χ3v) is 10.9. The predicted molar refractivity (Wildman–Crippen MR) is 140 cm³/mol. The number of aromatic nitrogens is 2. The summed E-state index contributed by atoms with van der Waals surface area (Å²) in [5, 5.41) is 0.816. The molecule has 190 valence electrons. The fourth-order valence-corrected chi connectivity index (χ4v) is 9.19. The summed E-state index contributed by atoms with van der Waals surface area (Å²) in [7, 11) is 0. The molecule has 0 spiro atoms. The number of aliphatic imine (C=N–C) groups is 2. The summed E-state index contributed by atoms with van der Waals surface area (Å²) in [5.41, 5.74) is 1.22. The minimum absolute atomic E-state index is 0.0541. The van der Waals surface area contributed by atoms with E-state index in [2.05, 4.69) is 9.98 Å². The topological polar surface area (TPSA) is 119 Å². The van der Waals surface area contributed by atoms with Gasteiger partial charge in [-0.15, -0.1) is 0 Å². The molecule has 2 aromatic heterocycles. The van der Waals surface area contributed by atoms with Gasteiger partial charge in [0, 0.05) is 23.7 Å². The van der Waals surface area contributed by atoms with Gasteiger partial charge in [-0.3, -0.25) is 19.2 Å². The third kappa shape index (κ3) is 3.30. The zero-order chi connectivity index (χ0) is 25.6. The van der Waals surface area contributed by atoms with Gasteiger partial charge in [0.1, 0.15) is 0 Å². The molecule has 4 saturated carbocycles. The molecule has 0 aromatic carbocycles. The Hall–Kier alpha value is -2.72. The van der Waals surface area contributed by atoms with Crippen LogP contribution in [0.4, 0.5) is 10.3 Å². The van der Waals surface area contributed by atoms with Crippen LogP contribution in [-0.4, -0.2) is 44.5 Å². The van der Waals surface area contributed by atoms with E-state index in [1.165, 1.54) is 22.7 Å². The van der Waals surface area contributed by atoms with Crippen LogP contribution in [0.15, 0.2) is 9.98 Å². The molecule has 0 N–H and O–H groups in total. The number of hydrogen-bond donors (Lipinski definition) is 0. The Balaban J connectivity index is 1.23. The van der Waals surface area contributed by atoms with E-state index in [4.69, 9.17) is 9.97 Å². The molecular formula is C27H26N4O4S2. The van der Waals surface area contributed by atoms with Gasteiger partial charge in [0.05, 0.1) is 26.6 Å². The van der Waals surface area contributed by atoms with E-state index in [1.807, 2.05) is 13.8 Å². The maximum atomic E-state index is 12.9. The maximum absolute atomic E-state index is 12.9. The van der Waals surface area contributed by atoms with Crippen molar-refractivity contribution in [3.63, 3.8) is 0 Å². The molecule has 0 aliphatic heterocycles. The quantitative estimate of drug-likeness (QED) is 0.537. The normalized spacial score (nSPS) is 29.9. The minimum Gasteiger partial charge on any atom is -0.292 e. The first-order valence-corrected chi connectivity index (χ1v) is 14.8. The van der Waals surface area contributed by atoms with E-state index in [9.17, 15) is 19.2 Å². The molecule has 4 atom stereocenters. The smallest absolute Gasteiger partial charge is 0.210 e. The van der Waals surface area contributed by atoms with Crippen molar-refractivity contribution in [1.82, 2.24) is 9.97 Å². The van der Waals surface area contributed by atoms with Crippen LogP contribution in [0.3, 0.4) is 0 Å². The number of thiazole rings is 2. The summed E-state index contributed by atoms with van der Waals surface area (Å²) in [6, 6.07) is 0. The van der Waals surface area contributed by atoms with Gasteiger partial charge in [-0.1, -0.05) is 48.4 Å². The van der Waals surface area contributed by atoms with Crippen LogP contribution >= 0.6 is 22.7 Å². The summed E-state index contributed by atoms with van der Waals surface area (Å²) in [5.74, 6) is -1.41. The van der Waals surface area contributed by atoms with Crippen LogP contribution in [0.2, 0.25) is 0 Å². The number of carbonyl (C=O) groups excluding carboxylic acids is 4. The van der Waals surface area contributed by atoms with Crippen LogP contribution in [0.25, 0.3) is 9.75 Å². The number of hydrogen-bond acceptors (Lipinski definition) is 10. The Morgan fingerprint density at radius 3 is 1.27 bits per heavy atom. The van der Waals surface area contributed by atoms with Crippen molar-refractivity contribution >= 4 is 67.5 Å². The highest BCUT2D eigenvalue weighted by Gasteiger charge is 2.49. The molecule has 37 heavy (non-hydrogen) atoms. The molecule has 0 radical (unpaired) electrons. The van der Waals surface area contributed by atoms with E-state index in [0.29, 0.717) is 10.3 Å². The largest absolute Gasteiger partial charge is 0.292 e. The summed E-state index contributed by atoms with van der Waals surface area (Å²) in [6.45, 7) is 4.04. The van der Waals surface area contributed by atoms with Crippen LogP contribution in [0, 0.1) is 23.7 Å². The molecule has 0 saturated heterocycles. The maximum Gasteiger partial charge on any atom is 0.210 e. The Labute approximate surface area is 221 Å². The lowest BCUT2D eigenvalue weighted by molar-refractivity contribution is -0.120. The third-order valence-electron chi connectivity index (χ3n) is 8.85. The molecule has 10 heteroatoms. The van der Waals surface area contributed by atoms with Gasteiger partial charge in [0.2, 0.25) is 10.3 Å². The molecule has 7 rings (SSSR count). The first-order valence-electron chi connectivity index (χ1n) is 13.1. The molecule has 0 amide bonds. The van der Waals surface area contributed by atoms with Crippen molar-refractivity contribution in [3.8, 4) is 9.75 Å². The average Bonchev–Trinajstić information content (AvgIpc) is 3.66. The highest BCUT2D eigenvalue weighted by Crippen LogP contribution is 2.55. The summed E-state index contributed by atoms with van der Waals surface area (Å²) in [6.07, 6.45) is 6.96. The molecule has 4 unspecified atom stereocenters. The molecule has 2 heterocycles. The number of Topliss-reactive ketones (excluding diaryl/α,β-unsaturated/α-hetero) is 4. The average molecular weight is 535 g/mol. The second-order valence-corrected chi connectivity index (χ2v) is 13.3. The Morgan fingerprint density at radius 1 is 0.622 bits per heavy atom. The molecule has 0 bridgehead atoms. The first kappa shape index (κ1) is 23.4. The van der Waals surface area contributed by atoms with E-state index < -0.39 is 5.41 Å². The van der Waals surface area contributed by atoms with Gasteiger partial charge in [-0.2, -0.15) is 0 Å². The summed E-state index contributed by atoms with van der Waals surface area (Å²) >= 11 is 2.70. The summed E-state index contributed by atoms with van der Waals surface area (Å²) in [4.78, 5) is 71.9. The first-order chi connectivity index (χ1) is 17.8. The number of ketones is 4. The predicted octanol–water partition coefficient (Wildman–Crippen LogP) is 4.97. The molecule has 5 aliphatic rings. The monoisotopic (exact) mass is 534 g/mol. The van der Waals surface area contributed by atoms with Gasteiger partial charge in [0.25, 0.3) is 0 Å². The lowest BCUT2D eigenvalue weighted by atomic mass is 9.81. The molecular weight excluding hydrogens is 508 g/mol. The van der Waals surface area contributed by atoms with Crippen LogP contribution in [0.5, 0.6) is 0 Å². The summed E-state index contributed by atoms with van der Waals surface area (Å²) < 4.78 is 0. The van der Waals surface area contributed by atoms with Gasteiger partial charge in [-0.05, 0) is 39.5 Å². The fourth-order valence-electron chi connectivity index (χ4n) is 6.85. The number of fused-ring (bicyclic) bond motifs is 5. The van der Waals surface area contributed by atoms with Crippen molar-refractivity contribution in [2.75, 3.05) is 0 Å². The fraction of sp³-hybridized carbons (Fsp3) is 0.556.